The van der Waals surface area contributed by atoms with E-state index in [-0.39, 0.29) is 23.8 Å². The van der Waals surface area contributed by atoms with Crippen LogP contribution in [0.15, 0.2) is 24.3 Å². The standard InChI is InChI=1S/C17H23N3O2/c1-12-3-5-15(6-4-12)20-11-14(9-16(20)21)17(22)19-8-7-18-10-13(19)2/h3-6,13-14,18H,7-11H2,1-2H3/t13-,14?/m1/s1. The molecule has 1 aromatic carbocycles. The zero-order valence-electron chi connectivity index (χ0n) is 13.2. The van der Waals surface area contributed by atoms with Crippen LogP contribution in [-0.2, 0) is 9.59 Å². The van der Waals surface area contributed by atoms with Gasteiger partial charge in [0.15, 0.2) is 0 Å². The molecule has 2 atom stereocenters. The van der Waals surface area contributed by atoms with Gasteiger partial charge in [0.05, 0.1) is 5.92 Å². The number of hydrogen-bond donors (Lipinski definition) is 1. The highest BCUT2D eigenvalue weighted by atomic mass is 16.2. The van der Waals surface area contributed by atoms with Gasteiger partial charge in [-0.25, -0.2) is 0 Å². The summed E-state index contributed by atoms with van der Waals surface area (Å²) in [5, 5.41) is 3.29. The van der Waals surface area contributed by atoms with Crippen molar-refractivity contribution >= 4 is 17.5 Å². The second-order valence-corrected chi connectivity index (χ2v) is 6.33. The van der Waals surface area contributed by atoms with E-state index < -0.39 is 0 Å². The maximum absolute atomic E-state index is 12.7. The van der Waals surface area contributed by atoms with E-state index >= 15 is 0 Å². The number of rotatable bonds is 2. The van der Waals surface area contributed by atoms with E-state index in [0.29, 0.717) is 13.0 Å². The van der Waals surface area contributed by atoms with Crippen molar-refractivity contribution in [3.05, 3.63) is 29.8 Å². The molecule has 0 aromatic heterocycles. The summed E-state index contributed by atoms with van der Waals surface area (Å²) < 4.78 is 0. The van der Waals surface area contributed by atoms with Gasteiger partial charge in [-0.15, -0.1) is 0 Å². The van der Waals surface area contributed by atoms with Crippen molar-refractivity contribution in [2.45, 2.75) is 26.3 Å². The third-order valence-corrected chi connectivity index (χ3v) is 4.60. The topological polar surface area (TPSA) is 52.7 Å². The van der Waals surface area contributed by atoms with Gasteiger partial charge in [0.1, 0.15) is 0 Å². The zero-order chi connectivity index (χ0) is 15.7. The lowest BCUT2D eigenvalue weighted by Crippen LogP contribution is -2.54. The summed E-state index contributed by atoms with van der Waals surface area (Å²) in [5.41, 5.74) is 2.05. The molecule has 22 heavy (non-hydrogen) atoms. The highest BCUT2D eigenvalue weighted by molar-refractivity contribution is 6.00. The lowest BCUT2D eigenvalue weighted by molar-refractivity contribution is -0.138. The van der Waals surface area contributed by atoms with Crippen molar-refractivity contribution in [2.24, 2.45) is 5.92 Å². The van der Waals surface area contributed by atoms with Gasteiger partial charge in [0.2, 0.25) is 11.8 Å². The first kappa shape index (κ1) is 15.0. The van der Waals surface area contributed by atoms with E-state index in [2.05, 4.69) is 12.2 Å². The second-order valence-electron chi connectivity index (χ2n) is 6.33. The van der Waals surface area contributed by atoms with Crippen LogP contribution in [0.4, 0.5) is 5.69 Å². The van der Waals surface area contributed by atoms with Crippen LogP contribution < -0.4 is 10.2 Å². The SMILES string of the molecule is Cc1ccc(N2CC(C(=O)N3CCNC[C@H]3C)CC2=O)cc1. The Hall–Kier alpha value is -1.88. The minimum absolute atomic E-state index is 0.0463. The van der Waals surface area contributed by atoms with Crippen molar-refractivity contribution < 1.29 is 9.59 Å². The van der Waals surface area contributed by atoms with Crippen molar-refractivity contribution in [2.75, 3.05) is 31.1 Å². The molecule has 0 bridgehead atoms. The summed E-state index contributed by atoms with van der Waals surface area (Å²) in [6, 6.07) is 8.10. The normalized spacial score (nSPS) is 25.6. The number of benzene rings is 1. The number of aryl methyl sites for hydroxylation is 1. The molecule has 0 radical (unpaired) electrons. The van der Waals surface area contributed by atoms with Crippen LogP contribution in [0.25, 0.3) is 0 Å². The summed E-state index contributed by atoms with van der Waals surface area (Å²) >= 11 is 0. The van der Waals surface area contributed by atoms with Gasteiger partial charge in [-0.1, -0.05) is 17.7 Å². The van der Waals surface area contributed by atoms with Crippen molar-refractivity contribution in [3.63, 3.8) is 0 Å². The maximum Gasteiger partial charge on any atom is 0.228 e. The highest BCUT2D eigenvalue weighted by Crippen LogP contribution is 2.27. The molecule has 118 valence electrons. The van der Waals surface area contributed by atoms with Crippen LogP contribution in [0.3, 0.4) is 0 Å². The molecule has 0 aliphatic carbocycles. The molecule has 0 spiro atoms. The summed E-state index contributed by atoms with van der Waals surface area (Å²) in [6.45, 7) is 6.96. The van der Waals surface area contributed by atoms with Gasteiger partial charge < -0.3 is 15.1 Å². The lowest BCUT2D eigenvalue weighted by Gasteiger charge is -2.35. The minimum atomic E-state index is -0.214. The maximum atomic E-state index is 12.7. The molecule has 5 heteroatoms. The molecule has 1 aromatic rings. The van der Waals surface area contributed by atoms with Crippen molar-refractivity contribution in [3.8, 4) is 0 Å². The summed E-state index contributed by atoms with van der Waals surface area (Å²) in [4.78, 5) is 28.7. The number of carbonyl (C=O) groups excluding carboxylic acids is 2. The van der Waals surface area contributed by atoms with E-state index in [9.17, 15) is 9.59 Å². The van der Waals surface area contributed by atoms with Gasteiger partial charge in [-0.3, -0.25) is 9.59 Å². The molecule has 3 rings (SSSR count). The first-order valence-corrected chi connectivity index (χ1v) is 7.94. The Balaban J connectivity index is 1.71. The Labute approximate surface area is 131 Å². The molecule has 1 N–H and O–H groups in total. The van der Waals surface area contributed by atoms with Gasteiger partial charge >= 0.3 is 0 Å². The largest absolute Gasteiger partial charge is 0.337 e. The van der Waals surface area contributed by atoms with Gasteiger partial charge in [0.25, 0.3) is 0 Å². The third kappa shape index (κ3) is 2.86. The Kier molecular flexibility index (Phi) is 4.16. The van der Waals surface area contributed by atoms with Crippen LogP contribution in [0.5, 0.6) is 0 Å². The van der Waals surface area contributed by atoms with Gasteiger partial charge in [-0.2, -0.15) is 0 Å². The molecule has 5 nitrogen and oxygen atoms in total. The summed E-state index contributed by atoms with van der Waals surface area (Å²) in [7, 11) is 0. The van der Waals surface area contributed by atoms with E-state index in [1.807, 2.05) is 36.1 Å². The first-order valence-electron chi connectivity index (χ1n) is 7.94. The van der Waals surface area contributed by atoms with Gasteiger partial charge in [-0.05, 0) is 26.0 Å². The van der Waals surface area contributed by atoms with Gasteiger partial charge in [0, 0.05) is 44.3 Å². The van der Waals surface area contributed by atoms with Crippen LogP contribution in [0.1, 0.15) is 18.9 Å². The molecule has 0 saturated carbocycles. The van der Waals surface area contributed by atoms with Crippen LogP contribution in [0.2, 0.25) is 0 Å². The summed E-state index contributed by atoms with van der Waals surface area (Å²) in [5.74, 6) is -0.0451. The molecule has 2 aliphatic heterocycles. The lowest BCUT2D eigenvalue weighted by atomic mass is 10.1. The average molecular weight is 301 g/mol. The van der Waals surface area contributed by atoms with Crippen LogP contribution >= 0.6 is 0 Å². The van der Waals surface area contributed by atoms with E-state index in [1.165, 1.54) is 0 Å². The first-order chi connectivity index (χ1) is 10.6. The monoisotopic (exact) mass is 301 g/mol. The second kappa shape index (κ2) is 6.08. The molecule has 2 aliphatic rings. The highest BCUT2D eigenvalue weighted by Gasteiger charge is 2.38. The van der Waals surface area contributed by atoms with E-state index in [4.69, 9.17) is 0 Å². The van der Waals surface area contributed by atoms with E-state index in [1.54, 1.807) is 4.90 Å². The van der Waals surface area contributed by atoms with Crippen LogP contribution in [-0.4, -0.2) is 48.9 Å². The number of anilines is 1. The number of amides is 2. The summed E-state index contributed by atoms with van der Waals surface area (Å²) in [6.07, 6.45) is 0.323. The quantitative estimate of drug-likeness (QED) is 0.892. The Morgan fingerprint density at radius 1 is 1.27 bits per heavy atom. The number of carbonyl (C=O) groups is 2. The molecular formula is C17H23N3O2. The zero-order valence-corrected chi connectivity index (χ0v) is 13.2. The molecule has 2 saturated heterocycles. The number of piperazine rings is 1. The Morgan fingerprint density at radius 3 is 2.68 bits per heavy atom. The molecule has 2 heterocycles. The number of nitrogens with zero attached hydrogens (tertiary/aromatic N) is 2. The fraction of sp³-hybridized carbons (Fsp3) is 0.529. The molecular weight excluding hydrogens is 278 g/mol. The molecule has 2 amide bonds. The average Bonchev–Trinajstić information content (AvgIpc) is 2.90. The smallest absolute Gasteiger partial charge is 0.228 e. The fourth-order valence-corrected chi connectivity index (χ4v) is 3.25. The predicted molar refractivity (Wildman–Crippen MR) is 85.7 cm³/mol. The molecule has 2 fully saturated rings. The Bertz CT molecular complexity index is 570. The molecule has 1 unspecified atom stereocenters. The van der Waals surface area contributed by atoms with Crippen molar-refractivity contribution in [1.29, 1.82) is 0 Å². The van der Waals surface area contributed by atoms with Crippen LogP contribution in [0, 0.1) is 12.8 Å². The minimum Gasteiger partial charge on any atom is -0.337 e. The van der Waals surface area contributed by atoms with E-state index in [0.717, 1.165) is 30.9 Å². The fourth-order valence-electron chi connectivity index (χ4n) is 3.25. The number of hydrogen-bond acceptors (Lipinski definition) is 3. The number of nitrogens with one attached hydrogen (secondary N) is 1. The predicted octanol–water partition coefficient (Wildman–Crippen LogP) is 1.17. The Morgan fingerprint density at radius 2 is 2.00 bits per heavy atom. The third-order valence-electron chi connectivity index (χ3n) is 4.60. The van der Waals surface area contributed by atoms with Crippen molar-refractivity contribution in [1.82, 2.24) is 10.2 Å².